The first-order valence-corrected chi connectivity index (χ1v) is 11.4. The molecule has 3 aromatic rings. The molecule has 10 nitrogen and oxygen atoms in total. The molecular formula is C23H17N3O7S. The summed E-state index contributed by atoms with van der Waals surface area (Å²) in [6.45, 7) is -0.657. The lowest BCUT2D eigenvalue weighted by Crippen LogP contribution is -2.29. The summed E-state index contributed by atoms with van der Waals surface area (Å²) in [5.41, 5.74) is 0.899. The van der Waals surface area contributed by atoms with E-state index in [1.807, 2.05) is 0 Å². The second-order valence-corrected chi connectivity index (χ2v) is 8.80. The maximum absolute atomic E-state index is 12.7. The van der Waals surface area contributed by atoms with E-state index in [1.54, 1.807) is 24.3 Å². The van der Waals surface area contributed by atoms with Gasteiger partial charge in [-0.05, 0) is 48.5 Å². The summed E-state index contributed by atoms with van der Waals surface area (Å²) in [5.74, 6) is -2.58. The summed E-state index contributed by atoms with van der Waals surface area (Å²) in [6.07, 6.45) is 0. The number of nitrogens with two attached hydrogens (primary N) is 1. The lowest BCUT2D eigenvalue weighted by atomic mass is 10.1. The van der Waals surface area contributed by atoms with E-state index < -0.39 is 40.3 Å². The number of amides is 3. The number of primary sulfonamides is 1. The van der Waals surface area contributed by atoms with Crippen molar-refractivity contribution in [1.82, 2.24) is 0 Å². The lowest BCUT2D eigenvalue weighted by molar-refractivity contribution is -0.119. The van der Waals surface area contributed by atoms with E-state index >= 15 is 0 Å². The molecule has 0 fully saturated rings. The Morgan fingerprint density at radius 3 is 2.18 bits per heavy atom. The van der Waals surface area contributed by atoms with Gasteiger partial charge < -0.3 is 10.1 Å². The molecule has 1 aliphatic heterocycles. The summed E-state index contributed by atoms with van der Waals surface area (Å²) < 4.78 is 27.9. The van der Waals surface area contributed by atoms with Crippen LogP contribution in [0.25, 0.3) is 0 Å². The highest BCUT2D eigenvalue weighted by atomic mass is 32.2. The number of carbonyl (C=O) groups excluding carboxylic acids is 4. The van der Waals surface area contributed by atoms with Crippen LogP contribution in [-0.2, 0) is 19.6 Å². The summed E-state index contributed by atoms with van der Waals surface area (Å²) in [5, 5.41) is 7.47. The molecule has 0 aromatic heterocycles. The van der Waals surface area contributed by atoms with Crippen LogP contribution >= 0.6 is 0 Å². The largest absolute Gasteiger partial charge is 0.452 e. The van der Waals surface area contributed by atoms with Gasteiger partial charge >= 0.3 is 5.97 Å². The van der Waals surface area contributed by atoms with Crippen molar-refractivity contribution in [2.45, 2.75) is 4.90 Å². The number of hydrogen-bond donors (Lipinski definition) is 2. The normalized spacial score (nSPS) is 12.9. The average molecular weight is 479 g/mol. The molecule has 0 saturated heterocycles. The minimum absolute atomic E-state index is 0.0260. The molecule has 3 amide bonds. The highest BCUT2D eigenvalue weighted by Gasteiger charge is 2.36. The summed E-state index contributed by atoms with van der Waals surface area (Å²) in [6, 6.07) is 17.4. The number of imide groups is 1. The number of carbonyl (C=O) groups is 4. The van der Waals surface area contributed by atoms with Crippen LogP contribution in [0, 0.1) is 0 Å². The monoisotopic (exact) mass is 479 g/mol. The van der Waals surface area contributed by atoms with Gasteiger partial charge in [-0.25, -0.2) is 23.3 Å². The van der Waals surface area contributed by atoms with Crippen molar-refractivity contribution < 1.29 is 32.3 Å². The maximum Gasteiger partial charge on any atom is 0.338 e. The maximum atomic E-state index is 12.7. The minimum Gasteiger partial charge on any atom is -0.452 e. The van der Waals surface area contributed by atoms with Crippen LogP contribution in [0.5, 0.6) is 0 Å². The number of benzene rings is 3. The molecule has 4 rings (SSSR count). The number of rotatable bonds is 6. The van der Waals surface area contributed by atoms with Crippen molar-refractivity contribution in [1.29, 1.82) is 0 Å². The number of fused-ring (bicyclic) bond motifs is 1. The molecule has 0 radical (unpaired) electrons. The number of nitrogens with one attached hydrogen (secondary N) is 1. The third kappa shape index (κ3) is 4.56. The van der Waals surface area contributed by atoms with Gasteiger partial charge in [0.1, 0.15) is 0 Å². The Labute approximate surface area is 194 Å². The molecule has 172 valence electrons. The second kappa shape index (κ2) is 8.89. The van der Waals surface area contributed by atoms with Crippen LogP contribution in [0.1, 0.15) is 31.1 Å². The number of anilines is 2. The molecule has 3 aromatic carbocycles. The quantitative estimate of drug-likeness (QED) is 0.405. The van der Waals surface area contributed by atoms with Crippen LogP contribution in [0.4, 0.5) is 11.4 Å². The lowest BCUT2D eigenvalue weighted by Gasteiger charge is -2.15. The Balaban J connectivity index is 1.42. The van der Waals surface area contributed by atoms with Gasteiger partial charge in [-0.1, -0.05) is 24.3 Å². The van der Waals surface area contributed by atoms with Gasteiger partial charge in [0, 0.05) is 5.69 Å². The first-order chi connectivity index (χ1) is 16.1. The van der Waals surface area contributed by atoms with E-state index in [0.29, 0.717) is 0 Å². The third-order valence-corrected chi connectivity index (χ3v) is 5.83. The van der Waals surface area contributed by atoms with Crippen molar-refractivity contribution in [3.05, 3.63) is 89.5 Å². The smallest absolute Gasteiger partial charge is 0.338 e. The van der Waals surface area contributed by atoms with Gasteiger partial charge in [-0.3, -0.25) is 14.4 Å². The van der Waals surface area contributed by atoms with Gasteiger partial charge in [0.05, 0.1) is 27.3 Å². The highest BCUT2D eigenvalue weighted by molar-refractivity contribution is 7.89. The molecule has 1 aliphatic rings. The number of ether oxygens (including phenoxy) is 1. The van der Waals surface area contributed by atoms with Crippen molar-refractivity contribution in [2.24, 2.45) is 5.14 Å². The van der Waals surface area contributed by atoms with E-state index in [4.69, 9.17) is 9.88 Å². The fourth-order valence-corrected chi connectivity index (χ4v) is 3.92. The Hall–Kier alpha value is -4.35. The van der Waals surface area contributed by atoms with E-state index in [9.17, 15) is 27.6 Å². The van der Waals surface area contributed by atoms with Crippen molar-refractivity contribution in [3.63, 3.8) is 0 Å². The molecule has 1 heterocycles. The van der Waals surface area contributed by atoms with Crippen LogP contribution in [0.2, 0.25) is 0 Å². The predicted molar refractivity (Wildman–Crippen MR) is 121 cm³/mol. The van der Waals surface area contributed by atoms with Gasteiger partial charge in [0.15, 0.2) is 6.61 Å². The zero-order chi connectivity index (χ0) is 24.5. The van der Waals surface area contributed by atoms with Crippen molar-refractivity contribution in [3.8, 4) is 0 Å². The average Bonchev–Trinajstić information content (AvgIpc) is 3.07. The molecule has 0 unspecified atom stereocenters. The number of esters is 1. The predicted octanol–water partition coefficient (Wildman–Crippen LogP) is 1.93. The third-order valence-electron chi connectivity index (χ3n) is 4.91. The second-order valence-electron chi connectivity index (χ2n) is 7.24. The molecule has 34 heavy (non-hydrogen) atoms. The number of hydrogen-bond acceptors (Lipinski definition) is 7. The summed E-state index contributed by atoms with van der Waals surface area (Å²) in [7, 11) is -3.95. The Kier molecular flexibility index (Phi) is 5.97. The topological polar surface area (TPSA) is 153 Å². The van der Waals surface area contributed by atoms with Crippen molar-refractivity contribution in [2.75, 3.05) is 16.8 Å². The fourth-order valence-electron chi connectivity index (χ4n) is 3.36. The summed E-state index contributed by atoms with van der Waals surface area (Å²) >= 11 is 0. The van der Waals surface area contributed by atoms with E-state index in [-0.39, 0.29) is 33.0 Å². The van der Waals surface area contributed by atoms with E-state index in [2.05, 4.69) is 5.32 Å². The van der Waals surface area contributed by atoms with E-state index in [0.717, 1.165) is 4.90 Å². The molecule has 11 heteroatoms. The van der Waals surface area contributed by atoms with Gasteiger partial charge in [-0.15, -0.1) is 0 Å². The van der Waals surface area contributed by atoms with Crippen LogP contribution in [0.15, 0.2) is 77.7 Å². The zero-order valence-electron chi connectivity index (χ0n) is 17.4. The first kappa shape index (κ1) is 22.8. The fraction of sp³-hybridized carbons (Fsp3) is 0.0435. The highest BCUT2D eigenvalue weighted by Crippen LogP contribution is 2.28. The molecule has 0 saturated carbocycles. The Bertz CT molecular complexity index is 1420. The minimum atomic E-state index is -3.95. The van der Waals surface area contributed by atoms with Gasteiger partial charge in [0.2, 0.25) is 10.0 Å². The number of nitrogens with zero attached hydrogens (tertiary/aromatic N) is 1. The van der Waals surface area contributed by atoms with Gasteiger partial charge in [0.25, 0.3) is 17.7 Å². The molecule has 0 bridgehead atoms. The van der Waals surface area contributed by atoms with Crippen LogP contribution in [-0.4, -0.2) is 38.7 Å². The molecular weight excluding hydrogens is 462 g/mol. The first-order valence-electron chi connectivity index (χ1n) is 9.83. The summed E-state index contributed by atoms with van der Waals surface area (Å²) in [4.78, 5) is 50.7. The van der Waals surface area contributed by atoms with Crippen molar-refractivity contribution >= 4 is 45.1 Å². The molecule has 0 aliphatic carbocycles. The van der Waals surface area contributed by atoms with Crippen LogP contribution in [0.3, 0.4) is 0 Å². The Morgan fingerprint density at radius 2 is 1.53 bits per heavy atom. The standard InChI is InChI=1S/C23H17N3O7S/c24-34(31,32)17-8-4-6-15(12-17)25-20(27)13-33-23(30)14-5-3-7-16(11-14)26-21(28)18-9-1-2-10-19(18)22(26)29/h1-12H,13H2,(H,25,27)(H2,24,31,32). The molecule has 3 N–H and O–H groups in total. The Morgan fingerprint density at radius 1 is 0.882 bits per heavy atom. The molecule has 0 atom stereocenters. The molecule has 0 spiro atoms. The number of sulfonamides is 1. The SMILES string of the molecule is NS(=O)(=O)c1cccc(NC(=O)COC(=O)c2cccc(N3C(=O)c4ccccc4C3=O)c2)c1. The van der Waals surface area contributed by atoms with Crippen LogP contribution < -0.4 is 15.4 Å². The zero-order valence-corrected chi connectivity index (χ0v) is 18.2. The van der Waals surface area contributed by atoms with Gasteiger partial charge in [-0.2, -0.15) is 0 Å². The van der Waals surface area contributed by atoms with E-state index in [1.165, 1.54) is 48.5 Å².